The second-order valence-corrected chi connectivity index (χ2v) is 7.23. The molecule has 1 aliphatic carbocycles. The van der Waals surface area contributed by atoms with E-state index in [1.807, 2.05) is 13.0 Å². The van der Waals surface area contributed by atoms with Crippen molar-refractivity contribution >= 4 is 46.4 Å². The van der Waals surface area contributed by atoms with Gasteiger partial charge in [0.25, 0.3) is 0 Å². The van der Waals surface area contributed by atoms with E-state index in [2.05, 4.69) is 20.7 Å². The van der Waals surface area contributed by atoms with Gasteiger partial charge in [-0.05, 0) is 38.0 Å². The molecule has 2 N–H and O–H groups in total. The van der Waals surface area contributed by atoms with Gasteiger partial charge >= 0.3 is 0 Å². The Morgan fingerprint density at radius 2 is 2.00 bits per heavy atom. The second-order valence-electron chi connectivity index (χ2n) is 5.98. The summed E-state index contributed by atoms with van der Waals surface area (Å²) in [7, 11) is 0. The highest BCUT2D eigenvalue weighted by Gasteiger charge is 2.17. The van der Waals surface area contributed by atoms with Crippen LogP contribution in [0.4, 0.5) is 5.82 Å². The van der Waals surface area contributed by atoms with E-state index in [-0.39, 0.29) is 0 Å². The van der Waals surface area contributed by atoms with Crippen molar-refractivity contribution in [1.29, 1.82) is 0 Å². The van der Waals surface area contributed by atoms with E-state index in [9.17, 15) is 0 Å². The third kappa shape index (κ3) is 4.18. The summed E-state index contributed by atoms with van der Waals surface area (Å²) < 4.78 is 1.64. The monoisotopic (exact) mass is 383 g/mol. The van der Waals surface area contributed by atoms with Gasteiger partial charge in [0.2, 0.25) is 0 Å². The molecule has 0 bridgehead atoms. The maximum atomic E-state index is 6.25. The van der Waals surface area contributed by atoms with E-state index in [4.69, 9.17) is 35.4 Å². The lowest BCUT2D eigenvalue weighted by Gasteiger charge is -2.24. The van der Waals surface area contributed by atoms with Crippen molar-refractivity contribution in [3.8, 4) is 5.82 Å². The standard InChI is InChI=1S/C16H19Cl2N5S/c1-10-7-14(21-16(24)20-12-5-3-2-4-6-12)23(22-10)15-13(18)8-11(17)9-19-15/h7-9,12H,2-6H2,1H3,(H2,20,21,24). The molecular weight excluding hydrogens is 365 g/mol. The van der Waals surface area contributed by atoms with E-state index >= 15 is 0 Å². The summed E-state index contributed by atoms with van der Waals surface area (Å²) in [5.41, 5.74) is 0.839. The van der Waals surface area contributed by atoms with Gasteiger partial charge in [0.05, 0.1) is 15.7 Å². The molecule has 2 heterocycles. The normalized spacial score (nSPS) is 15.3. The maximum Gasteiger partial charge on any atom is 0.174 e. The van der Waals surface area contributed by atoms with Crippen LogP contribution in [0.3, 0.4) is 0 Å². The number of pyridine rings is 1. The topological polar surface area (TPSA) is 54.8 Å². The first-order valence-electron chi connectivity index (χ1n) is 7.98. The van der Waals surface area contributed by atoms with Crippen LogP contribution in [-0.2, 0) is 0 Å². The minimum absolute atomic E-state index is 0.430. The zero-order chi connectivity index (χ0) is 17.1. The van der Waals surface area contributed by atoms with Crippen molar-refractivity contribution in [2.75, 3.05) is 5.32 Å². The largest absolute Gasteiger partial charge is 0.360 e. The van der Waals surface area contributed by atoms with Gasteiger partial charge in [0.1, 0.15) is 5.82 Å². The Labute approximate surface area is 156 Å². The van der Waals surface area contributed by atoms with Crippen LogP contribution >= 0.6 is 35.4 Å². The molecule has 0 atom stereocenters. The minimum atomic E-state index is 0.430. The van der Waals surface area contributed by atoms with E-state index in [0.717, 1.165) is 24.4 Å². The van der Waals surface area contributed by atoms with Crippen LogP contribution < -0.4 is 10.6 Å². The highest BCUT2D eigenvalue weighted by atomic mass is 35.5. The number of nitrogens with one attached hydrogen (secondary N) is 2. The molecule has 0 radical (unpaired) electrons. The first-order valence-corrected chi connectivity index (χ1v) is 9.15. The molecule has 8 heteroatoms. The van der Waals surface area contributed by atoms with Crippen molar-refractivity contribution in [3.63, 3.8) is 0 Å². The predicted octanol–water partition coefficient (Wildman–Crippen LogP) is 4.50. The Morgan fingerprint density at radius 3 is 2.71 bits per heavy atom. The summed E-state index contributed by atoms with van der Waals surface area (Å²) in [6, 6.07) is 3.99. The van der Waals surface area contributed by atoms with Crippen LogP contribution in [0, 0.1) is 6.92 Å². The Hall–Kier alpha value is -1.37. The number of anilines is 1. The Morgan fingerprint density at radius 1 is 1.25 bits per heavy atom. The number of nitrogens with zero attached hydrogens (tertiary/aromatic N) is 3. The molecule has 1 aliphatic rings. The quantitative estimate of drug-likeness (QED) is 0.763. The average Bonchev–Trinajstić information content (AvgIpc) is 2.88. The van der Waals surface area contributed by atoms with Gasteiger partial charge in [-0.15, -0.1) is 0 Å². The Bertz CT molecular complexity index is 740. The predicted molar refractivity (Wildman–Crippen MR) is 102 cm³/mol. The summed E-state index contributed by atoms with van der Waals surface area (Å²) in [6.07, 6.45) is 7.67. The van der Waals surface area contributed by atoms with Gasteiger partial charge in [-0.2, -0.15) is 9.78 Å². The molecule has 1 saturated carbocycles. The van der Waals surface area contributed by atoms with Crippen LogP contribution in [0.2, 0.25) is 10.0 Å². The Kier molecular flexibility index (Phi) is 5.58. The van der Waals surface area contributed by atoms with E-state index in [0.29, 0.717) is 27.0 Å². The van der Waals surface area contributed by atoms with Gasteiger partial charge < -0.3 is 10.6 Å². The second kappa shape index (κ2) is 7.68. The molecule has 0 saturated heterocycles. The molecule has 0 aliphatic heterocycles. The number of thiocarbonyl (C=S) groups is 1. The summed E-state index contributed by atoms with van der Waals surface area (Å²) in [5, 5.41) is 12.5. The van der Waals surface area contributed by atoms with Gasteiger partial charge in [-0.25, -0.2) is 4.98 Å². The molecule has 2 aromatic heterocycles. The zero-order valence-corrected chi connectivity index (χ0v) is 15.7. The molecule has 2 aromatic rings. The fourth-order valence-corrected chi connectivity index (χ4v) is 3.63. The molecular formula is C16H19Cl2N5S. The molecule has 128 valence electrons. The summed E-state index contributed by atoms with van der Waals surface area (Å²) >= 11 is 17.6. The summed E-state index contributed by atoms with van der Waals surface area (Å²) in [4.78, 5) is 4.28. The van der Waals surface area contributed by atoms with Gasteiger partial charge in [-0.3, -0.25) is 0 Å². The van der Waals surface area contributed by atoms with Crippen LogP contribution in [-0.4, -0.2) is 25.9 Å². The first kappa shape index (κ1) is 17.5. The van der Waals surface area contributed by atoms with Crippen LogP contribution in [0.15, 0.2) is 18.3 Å². The lowest BCUT2D eigenvalue weighted by molar-refractivity contribution is 0.414. The number of aromatic nitrogens is 3. The lowest BCUT2D eigenvalue weighted by atomic mass is 9.96. The highest BCUT2D eigenvalue weighted by molar-refractivity contribution is 7.80. The van der Waals surface area contributed by atoms with Crippen molar-refractivity contribution in [1.82, 2.24) is 20.1 Å². The molecule has 5 nitrogen and oxygen atoms in total. The smallest absolute Gasteiger partial charge is 0.174 e. The van der Waals surface area contributed by atoms with Crippen LogP contribution in [0.1, 0.15) is 37.8 Å². The van der Waals surface area contributed by atoms with Crippen molar-refractivity contribution in [2.45, 2.75) is 45.1 Å². The van der Waals surface area contributed by atoms with Gasteiger partial charge in [0, 0.05) is 18.3 Å². The molecule has 0 spiro atoms. The van der Waals surface area contributed by atoms with Crippen molar-refractivity contribution < 1.29 is 0 Å². The molecule has 24 heavy (non-hydrogen) atoms. The first-order chi connectivity index (χ1) is 11.5. The molecule has 1 fully saturated rings. The van der Waals surface area contributed by atoms with Crippen LogP contribution in [0.5, 0.6) is 0 Å². The van der Waals surface area contributed by atoms with E-state index in [1.54, 1.807) is 16.9 Å². The van der Waals surface area contributed by atoms with E-state index < -0.39 is 0 Å². The Balaban J connectivity index is 1.77. The van der Waals surface area contributed by atoms with Crippen molar-refractivity contribution in [2.24, 2.45) is 0 Å². The SMILES string of the molecule is Cc1cc(NC(=S)NC2CCCCC2)n(-c2ncc(Cl)cc2Cl)n1. The van der Waals surface area contributed by atoms with Gasteiger partial charge in [-0.1, -0.05) is 42.5 Å². The molecule has 3 rings (SSSR count). The number of hydrogen-bond acceptors (Lipinski definition) is 3. The lowest BCUT2D eigenvalue weighted by Crippen LogP contribution is -2.39. The third-order valence-electron chi connectivity index (χ3n) is 4.00. The zero-order valence-electron chi connectivity index (χ0n) is 13.4. The third-order valence-corrected chi connectivity index (χ3v) is 4.71. The maximum absolute atomic E-state index is 6.25. The average molecular weight is 384 g/mol. The number of rotatable bonds is 3. The highest BCUT2D eigenvalue weighted by Crippen LogP contribution is 2.25. The molecule has 0 amide bonds. The minimum Gasteiger partial charge on any atom is -0.360 e. The van der Waals surface area contributed by atoms with Gasteiger partial charge in [0.15, 0.2) is 10.9 Å². The number of halogens is 2. The molecule has 0 aromatic carbocycles. The van der Waals surface area contributed by atoms with E-state index in [1.165, 1.54) is 19.3 Å². The van der Waals surface area contributed by atoms with Crippen molar-refractivity contribution in [3.05, 3.63) is 34.1 Å². The summed E-state index contributed by atoms with van der Waals surface area (Å²) in [6.45, 7) is 1.91. The number of hydrogen-bond donors (Lipinski definition) is 2. The fourth-order valence-electron chi connectivity index (χ4n) is 2.90. The summed E-state index contributed by atoms with van der Waals surface area (Å²) in [5.74, 6) is 1.23. The molecule has 0 unspecified atom stereocenters. The van der Waals surface area contributed by atoms with Crippen LogP contribution in [0.25, 0.3) is 5.82 Å². The number of aryl methyl sites for hydroxylation is 1. The fraction of sp³-hybridized carbons (Fsp3) is 0.438.